The molecule has 1 heterocycles. The maximum absolute atomic E-state index is 11.9. The Hall–Kier alpha value is -0.610. The zero-order valence-corrected chi connectivity index (χ0v) is 11.4. The molecular weight excluding hydrogens is 228 g/mol. The first-order valence-electron chi connectivity index (χ1n) is 7.33. The third-order valence-electron chi connectivity index (χ3n) is 4.44. The minimum atomic E-state index is -0.0348. The quantitative estimate of drug-likeness (QED) is 0.726. The smallest absolute Gasteiger partial charge is 0.310 e. The van der Waals surface area contributed by atoms with E-state index in [-0.39, 0.29) is 11.9 Å². The van der Waals surface area contributed by atoms with Gasteiger partial charge in [-0.15, -0.1) is 0 Å². The van der Waals surface area contributed by atoms with E-state index < -0.39 is 0 Å². The Morgan fingerprint density at radius 2 is 1.94 bits per heavy atom. The van der Waals surface area contributed by atoms with Crippen molar-refractivity contribution in [2.45, 2.75) is 44.6 Å². The van der Waals surface area contributed by atoms with Gasteiger partial charge in [0.1, 0.15) is 0 Å². The van der Waals surface area contributed by atoms with Gasteiger partial charge in [-0.3, -0.25) is 4.79 Å². The predicted octanol–water partition coefficient (Wildman–Crippen LogP) is 1.31. The number of methoxy groups -OCH3 is 1. The molecule has 0 amide bonds. The van der Waals surface area contributed by atoms with Gasteiger partial charge in [-0.25, -0.2) is 0 Å². The normalized spacial score (nSPS) is 24.1. The first-order valence-corrected chi connectivity index (χ1v) is 7.33. The van der Waals surface area contributed by atoms with Crippen LogP contribution in [-0.2, 0) is 9.53 Å². The van der Waals surface area contributed by atoms with Crippen LogP contribution in [-0.4, -0.2) is 38.8 Å². The van der Waals surface area contributed by atoms with Gasteiger partial charge in [0, 0.05) is 12.6 Å². The average Bonchev–Trinajstić information content (AvgIpc) is 2.93. The highest BCUT2D eigenvalue weighted by molar-refractivity contribution is 5.73. The number of rotatable bonds is 5. The largest absolute Gasteiger partial charge is 0.469 e. The van der Waals surface area contributed by atoms with Crippen LogP contribution >= 0.6 is 0 Å². The molecule has 2 fully saturated rings. The standard InChI is InChI=1S/C14H26N2O2/c1-18-14(17)13(11-6-8-15-9-7-11)10-16-12-4-2-3-5-12/h11-13,15-16H,2-10H2,1H3. The van der Waals surface area contributed by atoms with Crippen molar-refractivity contribution in [3.05, 3.63) is 0 Å². The molecule has 0 spiro atoms. The zero-order valence-electron chi connectivity index (χ0n) is 11.4. The van der Waals surface area contributed by atoms with Crippen LogP contribution in [0.5, 0.6) is 0 Å². The molecule has 1 saturated carbocycles. The average molecular weight is 254 g/mol. The molecule has 4 heteroatoms. The van der Waals surface area contributed by atoms with E-state index in [1.807, 2.05) is 0 Å². The maximum Gasteiger partial charge on any atom is 0.310 e. The molecule has 1 saturated heterocycles. The van der Waals surface area contributed by atoms with Crippen molar-refractivity contribution in [2.24, 2.45) is 11.8 Å². The second kappa shape index (κ2) is 7.10. The number of carbonyl (C=O) groups is 1. The minimum Gasteiger partial charge on any atom is -0.469 e. The minimum absolute atomic E-state index is 0.0348. The molecule has 2 rings (SSSR count). The van der Waals surface area contributed by atoms with Crippen LogP contribution in [0.25, 0.3) is 0 Å². The predicted molar refractivity (Wildman–Crippen MR) is 71.4 cm³/mol. The number of esters is 1. The molecule has 0 aromatic rings. The Balaban J connectivity index is 1.84. The van der Waals surface area contributed by atoms with E-state index >= 15 is 0 Å². The van der Waals surface area contributed by atoms with Crippen LogP contribution in [0.15, 0.2) is 0 Å². The second-order valence-electron chi connectivity index (χ2n) is 5.61. The lowest BCUT2D eigenvalue weighted by atomic mass is 9.84. The number of hydrogen-bond acceptors (Lipinski definition) is 4. The molecule has 1 atom stereocenters. The Kier molecular flexibility index (Phi) is 5.45. The van der Waals surface area contributed by atoms with E-state index in [0.717, 1.165) is 32.5 Å². The summed E-state index contributed by atoms with van der Waals surface area (Å²) in [6.45, 7) is 2.85. The zero-order chi connectivity index (χ0) is 12.8. The van der Waals surface area contributed by atoms with Gasteiger partial charge >= 0.3 is 5.97 Å². The Bertz CT molecular complexity index is 259. The van der Waals surface area contributed by atoms with Gasteiger partial charge in [0.25, 0.3) is 0 Å². The van der Waals surface area contributed by atoms with E-state index in [4.69, 9.17) is 4.74 Å². The molecule has 0 aromatic carbocycles. The lowest BCUT2D eigenvalue weighted by Gasteiger charge is -2.30. The lowest BCUT2D eigenvalue weighted by Crippen LogP contribution is -2.42. The van der Waals surface area contributed by atoms with Crippen LogP contribution in [0.3, 0.4) is 0 Å². The molecule has 1 aliphatic heterocycles. The molecule has 0 radical (unpaired) electrons. The summed E-state index contributed by atoms with van der Waals surface area (Å²) in [5.74, 6) is 0.484. The SMILES string of the molecule is COC(=O)C(CNC1CCCC1)C1CCNCC1. The maximum atomic E-state index is 11.9. The third-order valence-corrected chi connectivity index (χ3v) is 4.44. The summed E-state index contributed by atoms with van der Waals surface area (Å²) < 4.78 is 4.98. The Morgan fingerprint density at radius 3 is 2.56 bits per heavy atom. The van der Waals surface area contributed by atoms with Gasteiger partial charge in [-0.2, -0.15) is 0 Å². The summed E-state index contributed by atoms with van der Waals surface area (Å²) in [6, 6.07) is 0.624. The van der Waals surface area contributed by atoms with Crippen molar-refractivity contribution < 1.29 is 9.53 Å². The number of carbonyl (C=O) groups excluding carboxylic acids is 1. The van der Waals surface area contributed by atoms with Crippen LogP contribution in [0, 0.1) is 11.8 Å². The van der Waals surface area contributed by atoms with Gasteiger partial charge in [0.15, 0.2) is 0 Å². The van der Waals surface area contributed by atoms with E-state index in [0.29, 0.717) is 12.0 Å². The van der Waals surface area contributed by atoms with Crippen molar-refractivity contribution >= 4 is 5.97 Å². The molecule has 2 N–H and O–H groups in total. The fourth-order valence-electron chi connectivity index (χ4n) is 3.26. The van der Waals surface area contributed by atoms with Crippen LogP contribution in [0.4, 0.5) is 0 Å². The van der Waals surface area contributed by atoms with Gasteiger partial charge in [-0.05, 0) is 44.7 Å². The van der Waals surface area contributed by atoms with Crippen molar-refractivity contribution in [1.82, 2.24) is 10.6 Å². The van der Waals surface area contributed by atoms with Gasteiger partial charge in [0.05, 0.1) is 13.0 Å². The summed E-state index contributed by atoms with van der Waals surface area (Å²) in [6.07, 6.45) is 7.36. The van der Waals surface area contributed by atoms with Crippen LogP contribution in [0.2, 0.25) is 0 Å². The third kappa shape index (κ3) is 3.69. The highest BCUT2D eigenvalue weighted by Gasteiger charge is 2.30. The highest BCUT2D eigenvalue weighted by Crippen LogP contribution is 2.24. The number of piperidine rings is 1. The van der Waals surface area contributed by atoms with Crippen molar-refractivity contribution in [1.29, 1.82) is 0 Å². The number of nitrogens with one attached hydrogen (secondary N) is 2. The van der Waals surface area contributed by atoms with Crippen LogP contribution in [0.1, 0.15) is 38.5 Å². The second-order valence-corrected chi connectivity index (χ2v) is 5.61. The van der Waals surface area contributed by atoms with Gasteiger partial charge in [-0.1, -0.05) is 12.8 Å². The molecule has 18 heavy (non-hydrogen) atoms. The summed E-state index contributed by atoms with van der Waals surface area (Å²) >= 11 is 0. The van der Waals surface area contributed by atoms with E-state index in [1.54, 1.807) is 0 Å². The first kappa shape index (κ1) is 13.8. The molecule has 0 aromatic heterocycles. The first-order chi connectivity index (χ1) is 8.81. The molecule has 1 unspecified atom stereocenters. The van der Waals surface area contributed by atoms with E-state index in [2.05, 4.69) is 10.6 Å². The molecule has 2 aliphatic rings. The highest BCUT2D eigenvalue weighted by atomic mass is 16.5. The van der Waals surface area contributed by atoms with E-state index in [9.17, 15) is 4.79 Å². The Morgan fingerprint density at radius 1 is 1.28 bits per heavy atom. The molecular formula is C14H26N2O2. The van der Waals surface area contributed by atoms with Gasteiger partial charge in [0.2, 0.25) is 0 Å². The van der Waals surface area contributed by atoms with Gasteiger partial charge < -0.3 is 15.4 Å². The van der Waals surface area contributed by atoms with E-state index in [1.165, 1.54) is 32.8 Å². The van der Waals surface area contributed by atoms with Crippen molar-refractivity contribution in [3.63, 3.8) is 0 Å². The van der Waals surface area contributed by atoms with Crippen molar-refractivity contribution in [2.75, 3.05) is 26.7 Å². The lowest BCUT2D eigenvalue weighted by molar-refractivity contribution is -0.147. The number of hydrogen-bond donors (Lipinski definition) is 2. The Labute approximate surface area is 110 Å². The summed E-state index contributed by atoms with van der Waals surface area (Å²) in [4.78, 5) is 11.9. The fraction of sp³-hybridized carbons (Fsp3) is 0.929. The monoisotopic (exact) mass is 254 g/mol. The molecule has 1 aliphatic carbocycles. The fourth-order valence-corrected chi connectivity index (χ4v) is 3.26. The molecule has 0 bridgehead atoms. The summed E-state index contributed by atoms with van der Waals surface area (Å²) in [7, 11) is 1.51. The van der Waals surface area contributed by atoms with Crippen molar-refractivity contribution in [3.8, 4) is 0 Å². The topological polar surface area (TPSA) is 50.4 Å². The molecule has 104 valence electrons. The summed E-state index contributed by atoms with van der Waals surface area (Å²) in [5, 5.41) is 6.92. The van der Waals surface area contributed by atoms with Crippen LogP contribution < -0.4 is 10.6 Å². The molecule has 4 nitrogen and oxygen atoms in total. The number of ether oxygens (including phenoxy) is 1. The summed E-state index contributed by atoms with van der Waals surface area (Å²) in [5.41, 5.74) is 0.